The Morgan fingerprint density at radius 3 is 2.48 bits per heavy atom. The van der Waals surface area contributed by atoms with Crippen LogP contribution in [-0.4, -0.2) is 21.0 Å². The van der Waals surface area contributed by atoms with Crippen LogP contribution in [-0.2, 0) is 0 Å². The van der Waals surface area contributed by atoms with E-state index in [1.165, 1.54) is 25.7 Å². The molecule has 0 spiro atoms. The molecule has 2 heterocycles. The second-order valence-corrected chi connectivity index (χ2v) is 6.42. The molecule has 0 fully saturated rings. The topological polar surface area (TPSA) is 50.7 Å². The number of rotatable bonds is 8. The van der Waals surface area contributed by atoms with Crippen molar-refractivity contribution in [2.45, 2.75) is 52.0 Å². The second-order valence-electron chi connectivity index (χ2n) is 6.42. The van der Waals surface area contributed by atoms with Crippen LogP contribution >= 0.6 is 0 Å². The Morgan fingerprint density at radius 2 is 1.72 bits per heavy atom. The van der Waals surface area contributed by atoms with Crippen molar-refractivity contribution < 1.29 is 0 Å². The van der Waals surface area contributed by atoms with Gasteiger partial charge >= 0.3 is 0 Å². The molecule has 0 aliphatic carbocycles. The first-order chi connectivity index (χ1) is 12.3. The smallest absolute Gasteiger partial charge is 0.162 e. The zero-order valence-electron chi connectivity index (χ0n) is 15.1. The van der Waals surface area contributed by atoms with Gasteiger partial charge in [-0.05, 0) is 37.1 Å². The van der Waals surface area contributed by atoms with E-state index >= 15 is 0 Å². The average molecular weight is 334 g/mol. The summed E-state index contributed by atoms with van der Waals surface area (Å²) in [4.78, 5) is 13.7. The summed E-state index contributed by atoms with van der Waals surface area (Å²) in [5.41, 5.74) is 1.96. The highest BCUT2D eigenvalue weighted by Crippen LogP contribution is 2.26. The SMILES string of the molecule is CCCCC(CCC)Nc1nc(-c2ccncc2)nc2ccccc12. The van der Waals surface area contributed by atoms with Gasteiger partial charge in [-0.25, -0.2) is 9.97 Å². The molecule has 25 heavy (non-hydrogen) atoms. The van der Waals surface area contributed by atoms with E-state index in [-0.39, 0.29) is 0 Å². The van der Waals surface area contributed by atoms with Gasteiger partial charge in [-0.3, -0.25) is 4.98 Å². The Morgan fingerprint density at radius 1 is 0.920 bits per heavy atom. The standard InChI is InChI=1S/C21H26N4/c1-3-5-9-17(8-4-2)23-21-18-10-6-7-11-19(18)24-20(25-21)16-12-14-22-15-13-16/h6-7,10-15,17H,3-5,8-9H2,1-2H3,(H,23,24,25). The predicted octanol–water partition coefficient (Wildman–Crippen LogP) is 5.46. The zero-order chi connectivity index (χ0) is 17.5. The van der Waals surface area contributed by atoms with Crippen molar-refractivity contribution in [3.63, 3.8) is 0 Å². The number of benzene rings is 1. The van der Waals surface area contributed by atoms with E-state index < -0.39 is 0 Å². The lowest BCUT2D eigenvalue weighted by molar-refractivity contribution is 0.563. The van der Waals surface area contributed by atoms with Gasteiger partial charge in [-0.15, -0.1) is 0 Å². The number of para-hydroxylation sites is 1. The number of pyridine rings is 1. The highest BCUT2D eigenvalue weighted by Gasteiger charge is 2.13. The molecular weight excluding hydrogens is 308 g/mol. The van der Waals surface area contributed by atoms with Crippen LogP contribution in [0.15, 0.2) is 48.8 Å². The molecule has 1 unspecified atom stereocenters. The summed E-state index contributed by atoms with van der Waals surface area (Å²) in [6, 6.07) is 12.6. The molecule has 1 atom stereocenters. The van der Waals surface area contributed by atoms with Crippen molar-refractivity contribution in [1.82, 2.24) is 15.0 Å². The van der Waals surface area contributed by atoms with E-state index in [1.807, 2.05) is 30.3 Å². The van der Waals surface area contributed by atoms with Crippen LogP contribution in [0.3, 0.4) is 0 Å². The van der Waals surface area contributed by atoms with Crippen molar-refractivity contribution in [3.8, 4) is 11.4 Å². The molecule has 0 saturated carbocycles. The third-order valence-corrected chi connectivity index (χ3v) is 4.43. The van der Waals surface area contributed by atoms with E-state index in [2.05, 4.69) is 30.2 Å². The fourth-order valence-electron chi connectivity index (χ4n) is 3.10. The minimum absolute atomic E-state index is 0.452. The molecule has 4 nitrogen and oxygen atoms in total. The number of nitrogens with zero attached hydrogens (tertiary/aromatic N) is 3. The van der Waals surface area contributed by atoms with Crippen molar-refractivity contribution >= 4 is 16.7 Å². The van der Waals surface area contributed by atoms with Gasteiger partial charge in [0.05, 0.1) is 5.52 Å². The quantitative estimate of drug-likeness (QED) is 0.594. The predicted molar refractivity (Wildman–Crippen MR) is 105 cm³/mol. The van der Waals surface area contributed by atoms with Crippen molar-refractivity contribution in [3.05, 3.63) is 48.8 Å². The number of anilines is 1. The van der Waals surface area contributed by atoms with Crippen LogP contribution in [0.5, 0.6) is 0 Å². The third-order valence-electron chi connectivity index (χ3n) is 4.43. The average Bonchev–Trinajstić information content (AvgIpc) is 2.67. The molecular formula is C21H26N4. The maximum absolute atomic E-state index is 4.85. The van der Waals surface area contributed by atoms with Crippen LogP contribution in [0.25, 0.3) is 22.3 Å². The Bertz CT molecular complexity index is 801. The lowest BCUT2D eigenvalue weighted by atomic mass is 10.0. The fraction of sp³-hybridized carbons (Fsp3) is 0.381. The van der Waals surface area contributed by atoms with Crippen molar-refractivity contribution in [1.29, 1.82) is 0 Å². The first-order valence-corrected chi connectivity index (χ1v) is 9.25. The van der Waals surface area contributed by atoms with Gasteiger partial charge in [0.1, 0.15) is 5.82 Å². The Hall–Kier alpha value is -2.49. The molecule has 3 aromatic rings. The highest BCUT2D eigenvalue weighted by molar-refractivity contribution is 5.90. The van der Waals surface area contributed by atoms with Gasteiger partial charge < -0.3 is 5.32 Å². The summed E-state index contributed by atoms with van der Waals surface area (Å²) in [6.45, 7) is 4.48. The summed E-state index contributed by atoms with van der Waals surface area (Å²) >= 11 is 0. The van der Waals surface area contributed by atoms with E-state index in [4.69, 9.17) is 9.97 Å². The third kappa shape index (κ3) is 4.32. The lowest BCUT2D eigenvalue weighted by Crippen LogP contribution is -2.20. The van der Waals surface area contributed by atoms with Gasteiger partial charge in [-0.2, -0.15) is 0 Å². The maximum atomic E-state index is 4.85. The Labute approximate surface area is 149 Å². The molecule has 0 radical (unpaired) electrons. The number of aromatic nitrogens is 3. The van der Waals surface area contributed by atoms with Crippen LogP contribution in [0, 0.1) is 0 Å². The molecule has 1 N–H and O–H groups in total. The number of hydrogen-bond donors (Lipinski definition) is 1. The van der Waals surface area contributed by atoms with Crippen LogP contribution in [0.1, 0.15) is 46.0 Å². The van der Waals surface area contributed by atoms with Gasteiger partial charge in [0.2, 0.25) is 0 Å². The Kier molecular flexibility index (Phi) is 5.94. The first kappa shape index (κ1) is 17.3. The van der Waals surface area contributed by atoms with Crippen LogP contribution < -0.4 is 5.32 Å². The molecule has 0 aliphatic heterocycles. The minimum Gasteiger partial charge on any atom is -0.367 e. The van der Waals surface area contributed by atoms with E-state index in [0.29, 0.717) is 6.04 Å². The van der Waals surface area contributed by atoms with Crippen molar-refractivity contribution in [2.75, 3.05) is 5.32 Å². The Balaban J connectivity index is 2.00. The fourth-order valence-corrected chi connectivity index (χ4v) is 3.10. The lowest BCUT2D eigenvalue weighted by Gasteiger charge is -2.20. The van der Waals surface area contributed by atoms with Crippen LogP contribution in [0.4, 0.5) is 5.82 Å². The van der Waals surface area contributed by atoms with Gasteiger partial charge in [0, 0.05) is 29.4 Å². The van der Waals surface area contributed by atoms with Gasteiger partial charge in [0.25, 0.3) is 0 Å². The normalized spacial score (nSPS) is 12.2. The molecule has 1 aromatic carbocycles. The van der Waals surface area contributed by atoms with E-state index in [1.54, 1.807) is 12.4 Å². The van der Waals surface area contributed by atoms with E-state index in [9.17, 15) is 0 Å². The monoisotopic (exact) mass is 334 g/mol. The summed E-state index contributed by atoms with van der Waals surface area (Å²) in [5, 5.41) is 4.78. The molecule has 0 amide bonds. The molecule has 0 aliphatic rings. The number of hydrogen-bond acceptors (Lipinski definition) is 4. The largest absolute Gasteiger partial charge is 0.367 e. The van der Waals surface area contributed by atoms with Gasteiger partial charge in [0.15, 0.2) is 5.82 Å². The summed E-state index contributed by atoms with van der Waals surface area (Å²) in [7, 11) is 0. The highest BCUT2D eigenvalue weighted by atomic mass is 15.1. The molecule has 130 valence electrons. The summed E-state index contributed by atoms with van der Waals surface area (Å²) in [6.07, 6.45) is 9.51. The molecule has 0 saturated heterocycles. The second kappa shape index (κ2) is 8.56. The molecule has 3 rings (SSSR count). The summed E-state index contributed by atoms with van der Waals surface area (Å²) < 4.78 is 0. The number of unbranched alkanes of at least 4 members (excludes halogenated alkanes) is 1. The molecule has 2 aromatic heterocycles. The number of nitrogens with one attached hydrogen (secondary N) is 1. The van der Waals surface area contributed by atoms with Crippen molar-refractivity contribution in [2.24, 2.45) is 0 Å². The molecule has 4 heteroatoms. The minimum atomic E-state index is 0.452. The maximum Gasteiger partial charge on any atom is 0.162 e. The number of fused-ring (bicyclic) bond motifs is 1. The zero-order valence-corrected chi connectivity index (χ0v) is 15.1. The molecule has 0 bridgehead atoms. The van der Waals surface area contributed by atoms with E-state index in [0.717, 1.165) is 34.5 Å². The first-order valence-electron chi connectivity index (χ1n) is 9.25. The summed E-state index contributed by atoms with van der Waals surface area (Å²) in [5.74, 6) is 1.68. The van der Waals surface area contributed by atoms with Gasteiger partial charge in [-0.1, -0.05) is 45.2 Å². The van der Waals surface area contributed by atoms with Crippen LogP contribution in [0.2, 0.25) is 0 Å².